The van der Waals surface area contributed by atoms with E-state index in [9.17, 15) is 19.5 Å². The number of rotatable bonds is 9. The van der Waals surface area contributed by atoms with Gasteiger partial charge in [-0.05, 0) is 59.0 Å². The zero-order valence-electron chi connectivity index (χ0n) is 23.3. The number of aliphatic hydroxyl groups excluding tert-OH is 2. The summed E-state index contributed by atoms with van der Waals surface area (Å²) in [5.41, 5.74) is 9.59. The van der Waals surface area contributed by atoms with E-state index in [1.165, 1.54) is 19.2 Å². The highest BCUT2D eigenvalue weighted by Gasteiger charge is 2.27. The Kier molecular flexibility index (Phi) is 9.12. The van der Waals surface area contributed by atoms with Crippen molar-refractivity contribution >= 4 is 34.8 Å². The zero-order chi connectivity index (χ0) is 30.5. The van der Waals surface area contributed by atoms with Crippen LogP contribution in [0, 0.1) is 0 Å². The minimum absolute atomic E-state index is 0.116. The maximum atomic E-state index is 13.9. The second-order valence-corrected chi connectivity index (χ2v) is 10.7. The standard InChI is InChI=1S/C31H30N4O7S/c1-41-31(40)27-21(6-7-25(35-27)30(39)33-15-20(37)16-36)22-13-26-24(28-18(8-10-42-26)9-11-43-28)12-23(22)29(38)34-19-4-2-17(14-32)3-5-19/h2-7,9,11-13,20,36-37H,8,10,14-16,32H2,1H3,(H,33,39)(H,34,38)/t20-/m1/s1. The topological polar surface area (TPSA) is 173 Å². The summed E-state index contributed by atoms with van der Waals surface area (Å²) < 4.78 is 11.1. The predicted octanol–water partition coefficient (Wildman–Crippen LogP) is 2.99. The van der Waals surface area contributed by atoms with Crippen LogP contribution in [0.1, 0.15) is 42.5 Å². The molecule has 2 aromatic carbocycles. The number of nitrogens with zero attached hydrogens (tertiary/aromatic N) is 1. The fourth-order valence-electron chi connectivity index (χ4n) is 4.67. The molecule has 43 heavy (non-hydrogen) atoms. The van der Waals surface area contributed by atoms with Crippen LogP contribution < -0.4 is 21.1 Å². The lowest BCUT2D eigenvalue weighted by Crippen LogP contribution is -2.34. The quantitative estimate of drug-likeness (QED) is 0.181. The third kappa shape index (κ3) is 6.42. The first-order valence-corrected chi connectivity index (χ1v) is 14.4. The van der Waals surface area contributed by atoms with Crippen LogP contribution in [0.2, 0.25) is 0 Å². The Morgan fingerprint density at radius 3 is 2.58 bits per heavy atom. The first-order valence-electron chi connectivity index (χ1n) is 13.5. The van der Waals surface area contributed by atoms with Gasteiger partial charge in [0.15, 0.2) is 5.69 Å². The van der Waals surface area contributed by atoms with Crippen molar-refractivity contribution in [1.82, 2.24) is 10.3 Å². The largest absolute Gasteiger partial charge is 0.493 e. The maximum Gasteiger partial charge on any atom is 0.357 e. The second-order valence-electron chi connectivity index (χ2n) is 9.75. The molecule has 5 rings (SSSR count). The molecule has 0 fully saturated rings. The Morgan fingerprint density at radius 1 is 1.07 bits per heavy atom. The number of carbonyl (C=O) groups excluding carboxylic acids is 3. The number of hydrogen-bond donors (Lipinski definition) is 5. The van der Waals surface area contributed by atoms with Crippen LogP contribution in [-0.2, 0) is 17.7 Å². The number of amides is 2. The third-order valence-electron chi connectivity index (χ3n) is 6.94. The number of pyridine rings is 1. The molecule has 2 amide bonds. The summed E-state index contributed by atoms with van der Waals surface area (Å²) in [7, 11) is 1.19. The lowest BCUT2D eigenvalue weighted by molar-refractivity contribution is 0.0594. The summed E-state index contributed by atoms with van der Waals surface area (Å²) in [6.07, 6.45) is -0.457. The number of hydrogen-bond acceptors (Lipinski definition) is 10. The van der Waals surface area contributed by atoms with E-state index in [1.807, 2.05) is 23.6 Å². The van der Waals surface area contributed by atoms with E-state index in [0.29, 0.717) is 36.6 Å². The first-order chi connectivity index (χ1) is 20.8. The van der Waals surface area contributed by atoms with Gasteiger partial charge < -0.3 is 36.1 Å². The molecule has 1 aliphatic rings. The van der Waals surface area contributed by atoms with Gasteiger partial charge in [-0.1, -0.05) is 12.1 Å². The average molecular weight is 603 g/mol. The van der Waals surface area contributed by atoms with Crippen LogP contribution >= 0.6 is 11.3 Å². The molecular formula is C31H30N4O7S. The molecule has 0 aliphatic carbocycles. The van der Waals surface area contributed by atoms with E-state index in [-0.39, 0.29) is 29.1 Å². The number of esters is 1. The maximum absolute atomic E-state index is 13.9. The highest BCUT2D eigenvalue weighted by molar-refractivity contribution is 7.13. The number of benzene rings is 2. The summed E-state index contributed by atoms with van der Waals surface area (Å²) >= 11 is 1.55. The molecule has 3 heterocycles. The van der Waals surface area contributed by atoms with Gasteiger partial charge >= 0.3 is 5.97 Å². The Morgan fingerprint density at radius 2 is 1.86 bits per heavy atom. The molecule has 1 aliphatic heterocycles. The predicted molar refractivity (Wildman–Crippen MR) is 161 cm³/mol. The molecule has 0 saturated carbocycles. The van der Waals surface area contributed by atoms with Crippen LogP contribution in [0.3, 0.4) is 0 Å². The number of thiophene rings is 1. The fraction of sp³-hybridized carbons (Fsp3) is 0.226. The van der Waals surface area contributed by atoms with Crippen molar-refractivity contribution in [1.29, 1.82) is 0 Å². The average Bonchev–Trinajstić information content (AvgIpc) is 3.44. The summed E-state index contributed by atoms with van der Waals surface area (Å²) in [6, 6.07) is 15.6. The molecule has 6 N–H and O–H groups in total. The summed E-state index contributed by atoms with van der Waals surface area (Å²) in [5.74, 6) is -1.38. The molecule has 0 bridgehead atoms. The SMILES string of the molecule is COC(=O)c1nc(C(=O)NC[C@@H](O)CO)ccc1-c1cc2c(cc1C(=O)Nc1ccc(CN)cc1)-c1sccc1CCO2. The van der Waals surface area contributed by atoms with E-state index in [1.54, 1.807) is 35.6 Å². The molecule has 0 radical (unpaired) electrons. The Labute approximate surface area is 251 Å². The number of nitrogens with two attached hydrogens (primary N) is 1. The zero-order valence-corrected chi connectivity index (χ0v) is 24.1. The van der Waals surface area contributed by atoms with Gasteiger partial charge in [-0.25, -0.2) is 9.78 Å². The minimum Gasteiger partial charge on any atom is -0.493 e. The first kappa shape index (κ1) is 29.9. The smallest absolute Gasteiger partial charge is 0.357 e. The normalized spacial score (nSPS) is 12.7. The van der Waals surface area contributed by atoms with Gasteiger partial charge in [0.2, 0.25) is 0 Å². The summed E-state index contributed by atoms with van der Waals surface area (Å²) in [5, 5.41) is 26.0. The molecule has 2 aromatic heterocycles. The number of ether oxygens (including phenoxy) is 2. The van der Waals surface area contributed by atoms with Gasteiger partial charge in [-0.2, -0.15) is 0 Å². The van der Waals surface area contributed by atoms with Gasteiger partial charge in [0.1, 0.15) is 11.4 Å². The molecule has 0 spiro atoms. The number of fused-ring (bicyclic) bond motifs is 3. The third-order valence-corrected chi connectivity index (χ3v) is 7.93. The number of nitrogens with one attached hydrogen (secondary N) is 2. The lowest BCUT2D eigenvalue weighted by atomic mass is 9.93. The number of aliphatic hydroxyl groups is 2. The van der Waals surface area contributed by atoms with E-state index in [2.05, 4.69) is 15.6 Å². The van der Waals surface area contributed by atoms with Crippen LogP contribution in [-0.4, -0.2) is 66.0 Å². The number of anilines is 1. The van der Waals surface area contributed by atoms with Gasteiger partial charge in [0.25, 0.3) is 11.8 Å². The van der Waals surface area contributed by atoms with E-state index in [4.69, 9.17) is 20.3 Å². The molecule has 0 unspecified atom stereocenters. The van der Waals surface area contributed by atoms with Crippen molar-refractivity contribution in [3.8, 4) is 27.3 Å². The molecule has 1 atom stereocenters. The van der Waals surface area contributed by atoms with Crippen molar-refractivity contribution < 1.29 is 34.1 Å². The van der Waals surface area contributed by atoms with Crippen molar-refractivity contribution in [2.75, 3.05) is 32.2 Å². The molecule has 222 valence electrons. The highest BCUT2D eigenvalue weighted by Crippen LogP contribution is 2.43. The lowest BCUT2D eigenvalue weighted by Gasteiger charge is -2.17. The van der Waals surface area contributed by atoms with E-state index >= 15 is 0 Å². The van der Waals surface area contributed by atoms with E-state index in [0.717, 1.165) is 21.6 Å². The van der Waals surface area contributed by atoms with E-state index < -0.39 is 30.5 Å². The van der Waals surface area contributed by atoms with Crippen molar-refractivity contribution in [2.45, 2.75) is 19.1 Å². The van der Waals surface area contributed by atoms with Gasteiger partial charge in [-0.15, -0.1) is 11.3 Å². The summed E-state index contributed by atoms with van der Waals surface area (Å²) in [6.45, 7) is 0.0486. The minimum atomic E-state index is -1.15. The summed E-state index contributed by atoms with van der Waals surface area (Å²) in [4.78, 5) is 44.8. The molecule has 11 nitrogen and oxygen atoms in total. The Bertz CT molecular complexity index is 1670. The number of methoxy groups -OCH3 is 1. The van der Waals surface area contributed by atoms with Gasteiger partial charge in [0.05, 0.1) is 26.4 Å². The molecule has 12 heteroatoms. The molecule has 4 aromatic rings. The molecule has 0 saturated heterocycles. The second kappa shape index (κ2) is 13.1. The van der Waals surface area contributed by atoms with Crippen LogP contribution in [0.4, 0.5) is 5.69 Å². The molecular weight excluding hydrogens is 572 g/mol. The van der Waals surface area contributed by atoms with Crippen LogP contribution in [0.15, 0.2) is 60.0 Å². The number of aromatic nitrogens is 1. The monoisotopic (exact) mass is 602 g/mol. The van der Waals surface area contributed by atoms with Gasteiger partial charge in [-0.3, -0.25) is 9.59 Å². The van der Waals surface area contributed by atoms with Crippen LogP contribution in [0.5, 0.6) is 5.75 Å². The van der Waals surface area contributed by atoms with Crippen molar-refractivity contribution in [2.24, 2.45) is 5.73 Å². The highest BCUT2D eigenvalue weighted by atomic mass is 32.1. The van der Waals surface area contributed by atoms with Crippen LogP contribution in [0.25, 0.3) is 21.6 Å². The fourth-order valence-corrected chi connectivity index (χ4v) is 5.65. The number of carbonyl (C=O) groups is 3. The van der Waals surface area contributed by atoms with Gasteiger partial charge in [0, 0.05) is 52.3 Å². The van der Waals surface area contributed by atoms with Crippen molar-refractivity contribution in [3.63, 3.8) is 0 Å². The van der Waals surface area contributed by atoms with Crippen molar-refractivity contribution in [3.05, 3.63) is 88.1 Å². The Balaban J connectivity index is 1.63. The Hall–Kier alpha value is -4.62.